The molecule has 19 heavy (non-hydrogen) atoms. The predicted molar refractivity (Wildman–Crippen MR) is 69.4 cm³/mol. The molecule has 1 aliphatic heterocycles. The maximum absolute atomic E-state index is 12.9. The molecule has 2 atom stereocenters. The Morgan fingerprint density at radius 1 is 1.00 bits per heavy atom. The van der Waals surface area contributed by atoms with Gasteiger partial charge in [-0.05, 0) is 31.1 Å². The summed E-state index contributed by atoms with van der Waals surface area (Å²) in [4.78, 5) is 39.5. The van der Waals surface area contributed by atoms with E-state index in [-0.39, 0.29) is 11.7 Å². The summed E-state index contributed by atoms with van der Waals surface area (Å²) in [6.45, 7) is 7.18. The molecule has 1 amide bonds. The van der Waals surface area contributed by atoms with Crippen LogP contribution in [0.5, 0.6) is 0 Å². The van der Waals surface area contributed by atoms with Crippen LogP contribution in [-0.4, -0.2) is 35.5 Å². The van der Waals surface area contributed by atoms with Crippen LogP contribution in [0.2, 0.25) is 0 Å². The number of likely N-dealkylation sites (tertiary alicyclic amines) is 1. The minimum atomic E-state index is -1.08. The van der Waals surface area contributed by atoms with Crippen LogP contribution in [-0.2, 0) is 14.4 Å². The Hall–Kier alpha value is -1.19. The summed E-state index contributed by atoms with van der Waals surface area (Å²) in [7, 11) is 0. The molecular weight excluding hydrogens is 242 g/mol. The molecule has 2 aliphatic carbocycles. The number of ketones is 2. The molecule has 4 heteroatoms. The number of fused-ring (bicyclic) bond motifs is 2. The summed E-state index contributed by atoms with van der Waals surface area (Å²) >= 11 is 0. The van der Waals surface area contributed by atoms with Crippen molar-refractivity contribution in [1.29, 1.82) is 0 Å². The van der Waals surface area contributed by atoms with Gasteiger partial charge in [-0.25, -0.2) is 0 Å². The zero-order valence-electron chi connectivity index (χ0n) is 11.9. The van der Waals surface area contributed by atoms with E-state index in [1.807, 2.05) is 20.8 Å². The predicted octanol–water partition coefficient (Wildman–Crippen LogP) is 1.57. The third-order valence-electron chi connectivity index (χ3n) is 6.30. The zero-order chi connectivity index (χ0) is 14.1. The minimum absolute atomic E-state index is 0.0884. The lowest BCUT2D eigenvalue weighted by Crippen LogP contribution is -2.51. The Labute approximate surface area is 113 Å². The highest BCUT2D eigenvalue weighted by Crippen LogP contribution is 2.69. The van der Waals surface area contributed by atoms with Crippen molar-refractivity contribution in [1.82, 2.24) is 4.90 Å². The molecule has 3 fully saturated rings. The van der Waals surface area contributed by atoms with Gasteiger partial charge in [-0.2, -0.15) is 0 Å². The summed E-state index contributed by atoms with van der Waals surface area (Å²) in [6, 6.07) is 0. The summed E-state index contributed by atoms with van der Waals surface area (Å²) < 4.78 is 0. The van der Waals surface area contributed by atoms with E-state index in [9.17, 15) is 14.4 Å². The van der Waals surface area contributed by atoms with E-state index in [0.29, 0.717) is 12.8 Å². The molecule has 2 saturated carbocycles. The molecular formula is C15H21NO3. The van der Waals surface area contributed by atoms with E-state index in [1.165, 1.54) is 0 Å². The Kier molecular flexibility index (Phi) is 2.34. The molecule has 0 spiro atoms. The minimum Gasteiger partial charge on any atom is -0.342 e. The Morgan fingerprint density at radius 2 is 1.58 bits per heavy atom. The number of Topliss-reactive ketones (excluding diaryl/α,β-unsaturated/α-hetero) is 2. The lowest BCUT2D eigenvalue weighted by Gasteiger charge is -2.39. The number of carbonyl (C=O) groups is 3. The van der Waals surface area contributed by atoms with Crippen molar-refractivity contribution in [3.05, 3.63) is 0 Å². The van der Waals surface area contributed by atoms with Crippen molar-refractivity contribution in [2.24, 2.45) is 16.2 Å². The highest BCUT2D eigenvalue weighted by molar-refractivity contribution is 6.48. The molecule has 2 unspecified atom stereocenters. The summed E-state index contributed by atoms with van der Waals surface area (Å²) in [5, 5.41) is 0. The first-order valence-electron chi connectivity index (χ1n) is 7.18. The molecule has 1 heterocycles. The van der Waals surface area contributed by atoms with E-state index in [0.717, 1.165) is 25.9 Å². The number of carbonyl (C=O) groups excluding carboxylic acids is 3. The number of nitrogens with zero attached hydrogens (tertiary/aromatic N) is 1. The Balaban J connectivity index is 2.10. The largest absolute Gasteiger partial charge is 0.342 e. The SMILES string of the molecule is CC12CCC(C(=O)N3CCCC3)(C(=O)C1=O)C2(C)C. The van der Waals surface area contributed by atoms with Crippen molar-refractivity contribution in [2.45, 2.75) is 46.5 Å². The van der Waals surface area contributed by atoms with Gasteiger partial charge in [-0.15, -0.1) is 0 Å². The molecule has 2 bridgehead atoms. The number of hydrogen-bond acceptors (Lipinski definition) is 3. The van der Waals surface area contributed by atoms with Crippen LogP contribution >= 0.6 is 0 Å². The Morgan fingerprint density at radius 3 is 2.05 bits per heavy atom. The second-order valence-electron chi connectivity index (χ2n) is 7.02. The number of rotatable bonds is 1. The van der Waals surface area contributed by atoms with Crippen molar-refractivity contribution in [2.75, 3.05) is 13.1 Å². The molecule has 0 aromatic heterocycles. The molecule has 1 saturated heterocycles. The van der Waals surface area contributed by atoms with Gasteiger partial charge in [0.05, 0.1) is 0 Å². The fourth-order valence-corrected chi connectivity index (χ4v) is 4.43. The van der Waals surface area contributed by atoms with E-state index >= 15 is 0 Å². The second kappa shape index (κ2) is 3.47. The average Bonchev–Trinajstić information content (AvgIpc) is 2.97. The molecule has 0 N–H and O–H groups in total. The van der Waals surface area contributed by atoms with Crippen LogP contribution in [0.1, 0.15) is 46.5 Å². The van der Waals surface area contributed by atoms with Gasteiger partial charge in [0.2, 0.25) is 17.5 Å². The third-order valence-corrected chi connectivity index (χ3v) is 6.30. The molecule has 3 rings (SSSR count). The van der Waals surface area contributed by atoms with Crippen molar-refractivity contribution >= 4 is 17.5 Å². The van der Waals surface area contributed by atoms with Crippen molar-refractivity contribution in [3.8, 4) is 0 Å². The van der Waals surface area contributed by atoms with Crippen LogP contribution in [0.4, 0.5) is 0 Å². The van der Waals surface area contributed by atoms with Gasteiger partial charge in [0, 0.05) is 18.5 Å². The van der Waals surface area contributed by atoms with Gasteiger partial charge in [0.15, 0.2) is 0 Å². The van der Waals surface area contributed by atoms with Gasteiger partial charge >= 0.3 is 0 Å². The van der Waals surface area contributed by atoms with Crippen LogP contribution in [0.3, 0.4) is 0 Å². The third kappa shape index (κ3) is 1.14. The van der Waals surface area contributed by atoms with Crippen LogP contribution < -0.4 is 0 Å². The fourth-order valence-electron chi connectivity index (χ4n) is 4.43. The number of amides is 1. The average molecular weight is 263 g/mol. The van der Waals surface area contributed by atoms with E-state index < -0.39 is 22.0 Å². The molecule has 0 radical (unpaired) electrons. The fraction of sp³-hybridized carbons (Fsp3) is 0.800. The van der Waals surface area contributed by atoms with E-state index in [1.54, 1.807) is 4.90 Å². The first-order chi connectivity index (χ1) is 8.79. The van der Waals surface area contributed by atoms with Gasteiger partial charge in [-0.1, -0.05) is 20.8 Å². The topological polar surface area (TPSA) is 54.5 Å². The van der Waals surface area contributed by atoms with Crippen LogP contribution in [0.15, 0.2) is 0 Å². The molecule has 0 aromatic carbocycles. The maximum atomic E-state index is 12.9. The molecule has 104 valence electrons. The number of hydrogen-bond donors (Lipinski definition) is 0. The summed E-state index contributed by atoms with van der Waals surface area (Å²) in [5.41, 5.74) is -2.30. The van der Waals surface area contributed by atoms with Gasteiger partial charge in [-0.3, -0.25) is 14.4 Å². The zero-order valence-corrected chi connectivity index (χ0v) is 11.9. The highest BCUT2D eigenvalue weighted by atomic mass is 16.2. The van der Waals surface area contributed by atoms with Gasteiger partial charge < -0.3 is 4.90 Å². The summed E-state index contributed by atoms with van der Waals surface area (Å²) in [5.74, 6) is -0.839. The monoisotopic (exact) mass is 263 g/mol. The first kappa shape index (κ1) is 12.8. The first-order valence-corrected chi connectivity index (χ1v) is 7.18. The maximum Gasteiger partial charge on any atom is 0.237 e. The standard InChI is InChI=1S/C15H21NO3/c1-13(2)14(3)6-7-15(13,11(18)10(14)17)12(19)16-8-4-5-9-16/h4-9H2,1-3H3. The smallest absolute Gasteiger partial charge is 0.237 e. The van der Waals surface area contributed by atoms with Crippen molar-refractivity contribution in [3.63, 3.8) is 0 Å². The highest BCUT2D eigenvalue weighted by Gasteiger charge is 2.78. The van der Waals surface area contributed by atoms with Gasteiger partial charge in [0.1, 0.15) is 5.41 Å². The van der Waals surface area contributed by atoms with Crippen molar-refractivity contribution < 1.29 is 14.4 Å². The van der Waals surface area contributed by atoms with Crippen LogP contribution in [0, 0.1) is 16.2 Å². The Bertz CT molecular complexity index is 490. The molecule has 0 aromatic rings. The normalized spacial score (nSPS) is 40.3. The molecule has 4 nitrogen and oxygen atoms in total. The second-order valence-corrected chi connectivity index (χ2v) is 7.02. The van der Waals surface area contributed by atoms with Gasteiger partial charge in [0.25, 0.3) is 0 Å². The molecule has 3 aliphatic rings. The lowest BCUT2D eigenvalue weighted by molar-refractivity contribution is -0.154. The quantitative estimate of drug-likeness (QED) is 0.533. The van der Waals surface area contributed by atoms with E-state index in [4.69, 9.17) is 0 Å². The van der Waals surface area contributed by atoms with Crippen LogP contribution in [0.25, 0.3) is 0 Å². The lowest BCUT2D eigenvalue weighted by atomic mass is 9.64. The van der Waals surface area contributed by atoms with E-state index in [2.05, 4.69) is 0 Å². The summed E-state index contributed by atoms with van der Waals surface area (Å²) in [6.07, 6.45) is 3.20.